The first kappa shape index (κ1) is 19.0. The van der Waals surface area contributed by atoms with E-state index in [1.165, 1.54) is 0 Å². The number of hydrogen-bond acceptors (Lipinski definition) is 4. The van der Waals surface area contributed by atoms with E-state index in [0.717, 1.165) is 33.3 Å². The van der Waals surface area contributed by atoms with Crippen LogP contribution in [0.15, 0.2) is 53.9 Å². The summed E-state index contributed by atoms with van der Waals surface area (Å²) in [5.41, 5.74) is 5.60. The lowest BCUT2D eigenvalue weighted by Crippen LogP contribution is -2.15. The van der Waals surface area contributed by atoms with Crippen molar-refractivity contribution >= 4 is 29.0 Å². The van der Waals surface area contributed by atoms with Crippen LogP contribution >= 0.6 is 11.8 Å². The number of imidazole rings is 1. The van der Waals surface area contributed by atoms with Crippen LogP contribution in [-0.2, 0) is 0 Å². The number of amides is 1. The summed E-state index contributed by atoms with van der Waals surface area (Å²) < 4.78 is 1.98. The Bertz CT molecular complexity index is 955. The predicted molar refractivity (Wildman–Crippen MR) is 114 cm³/mol. The normalized spacial score (nSPS) is 10.7. The molecule has 1 amide bonds. The van der Waals surface area contributed by atoms with Crippen molar-refractivity contribution in [3.8, 4) is 5.69 Å². The number of hydrogen-bond donors (Lipinski definition) is 1. The van der Waals surface area contributed by atoms with Gasteiger partial charge in [0.2, 0.25) is 0 Å². The average Bonchev–Trinajstić information content (AvgIpc) is 3.13. The van der Waals surface area contributed by atoms with E-state index in [2.05, 4.69) is 27.3 Å². The zero-order valence-electron chi connectivity index (χ0n) is 16.3. The van der Waals surface area contributed by atoms with Crippen molar-refractivity contribution in [1.82, 2.24) is 9.55 Å². The molecule has 140 valence electrons. The molecule has 0 saturated heterocycles. The third kappa shape index (κ3) is 4.01. The number of carbonyl (C=O) groups is 1. The summed E-state index contributed by atoms with van der Waals surface area (Å²) in [7, 11) is 4.02. The highest BCUT2D eigenvalue weighted by Gasteiger charge is 2.13. The van der Waals surface area contributed by atoms with Gasteiger partial charge in [0.05, 0.1) is 0 Å². The van der Waals surface area contributed by atoms with Crippen LogP contribution in [0.2, 0.25) is 0 Å². The third-order valence-electron chi connectivity index (χ3n) is 4.45. The second-order valence-electron chi connectivity index (χ2n) is 6.64. The monoisotopic (exact) mass is 380 g/mol. The minimum atomic E-state index is -0.119. The highest BCUT2D eigenvalue weighted by Crippen LogP contribution is 2.27. The van der Waals surface area contributed by atoms with Crippen LogP contribution in [0.4, 0.5) is 11.4 Å². The lowest BCUT2D eigenvalue weighted by Gasteiger charge is -2.18. The topological polar surface area (TPSA) is 50.2 Å². The molecule has 0 unspecified atom stereocenters. The number of carbonyl (C=O) groups excluding carboxylic acids is 1. The number of anilines is 2. The fourth-order valence-electron chi connectivity index (χ4n) is 3.02. The summed E-state index contributed by atoms with van der Waals surface area (Å²) in [6.45, 7) is 4.03. The van der Waals surface area contributed by atoms with E-state index in [0.29, 0.717) is 5.56 Å². The number of rotatable bonds is 5. The van der Waals surface area contributed by atoms with Crippen LogP contribution in [-0.4, -0.2) is 35.8 Å². The van der Waals surface area contributed by atoms with Gasteiger partial charge in [-0.05, 0) is 61.6 Å². The fourth-order valence-corrected chi connectivity index (χ4v) is 3.55. The van der Waals surface area contributed by atoms with Crippen molar-refractivity contribution in [2.75, 3.05) is 30.6 Å². The van der Waals surface area contributed by atoms with Crippen LogP contribution in [0.3, 0.4) is 0 Å². The SMILES string of the molecule is CSc1nccn1-c1cccc(C(=O)Nc2c(C)cc(N(C)C)cc2C)c1. The van der Waals surface area contributed by atoms with Crippen molar-refractivity contribution in [3.05, 3.63) is 65.5 Å². The molecule has 0 aliphatic rings. The molecule has 3 rings (SSSR count). The van der Waals surface area contributed by atoms with Crippen LogP contribution < -0.4 is 10.2 Å². The van der Waals surface area contributed by atoms with Gasteiger partial charge in [-0.15, -0.1) is 0 Å². The summed E-state index contributed by atoms with van der Waals surface area (Å²) in [5.74, 6) is -0.119. The summed E-state index contributed by atoms with van der Waals surface area (Å²) in [6.07, 6.45) is 5.65. The molecule has 1 aromatic heterocycles. The smallest absolute Gasteiger partial charge is 0.255 e. The van der Waals surface area contributed by atoms with Crippen LogP contribution in [0.1, 0.15) is 21.5 Å². The zero-order valence-corrected chi connectivity index (χ0v) is 17.1. The summed E-state index contributed by atoms with van der Waals surface area (Å²) >= 11 is 1.57. The van der Waals surface area contributed by atoms with Crippen molar-refractivity contribution < 1.29 is 4.79 Å². The van der Waals surface area contributed by atoms with E-state index in [1.807, 2.05) is 69.2 Å². The summed E-state index contributed by atoms with van der Waals surface area (Å²) in [6, 6.07) is 11.7. The Morgan fingerprint density at radius 2 is 1.85 bits per heavy atom. The third-order valence-corrected chi connectivity index (χ3v) is 5.12. The Labute approximate surface area is 164 Å². The Morgan fingerprint density at radius 1 is 1.15 bits per heavy atom. The number of thioether (sulfide) groups is 1. The Balaban J connectivity index is 1.89. The number of nitrogens with one attached hydrogen (secondary N) is 1. The van der Waals surface area contributed by atoms with Gasteiger partial charge in [0.25, 0.3) is 5.91 Å². The number of nitrogens with zero attached hydrogens (tertiary/aromatic N) is 3. The highest BCUT2D eigenvalue weighted by molar-refractivity contribution is 7.98. The van der Waals surface area contributed by atoms with E-state index in [4.69, 9.17) is 0 Å². The van der Waals surface area contributed by atoms with E-state index in [1.54, 1.807) is 18.0 Å². The second-order valence-corrected chi connectivity index (χ2v) is 7.41. The molecule has 0 aliphatic carbocycles. The lowest BCUT2D eigenvalue weighted by atomic mass is 10.1. The minimum absolute atomic E-state index is 0.119. The maximum Gasteiger partial charge on any atom is 0.255 e. The Morgan fingerprint density at radius 3 is 2.48 bits per heavy atom. The Kier molecular flexibility index (Phi) is 5.56. The van der Waals surface area contributed by atoms with Gasteiger partial charge >= 0.3 is 0 Å². The largest absolute Gasteiger partial charge is 0.378 e. The molecular formula is C21H24N4OS. The fraction of sp³-hybridized carbons (Fsp3) is 0.238. The molecule has 0 radical (unpaired) electrons. The molecule has 0 aliphatic heterocycles. The number of benzene rings is 2. The molecular weight excluding hydrogens is 356 g/mol. The van der Waals surface area contributed by atoms with Gasteiger partial charge in [-0.3, -0.25) is 9.36 Å². The van der Waals surface area contributed by atoms with Crippen LogP contribution in [0, 0.1) is 13.8 Å². The van der Waals surface area contributed by atoms with Gasteiger partial charge < -0.3 is 10.2 Å². The molecule has 0 atom stereocenters. The van der Waals surface area contributed by atoms with E-state index >= 15 is 0 Å². The van der Waals surface area contributed by atoms with E-state index in [9.17, 15) is 4.79 Å². The highest BCUT2D eigenvalue weighted by atomic mass is 32.2. The maximum absolute atomic E-state index is 12.9. The summed E-state index contributed by atoms with van der Waals surface area (Å²) in [5, 5.41) is 3.96. The van der Waals surface area contributed by atoms with Gasteiger partial charge in [-0.25, -0.2) is 4.98 Å². The molecule has 1 N–H and O–H groups in total. The predicted octanol–water partition coefficient (Wildman–Crippen LogP) is 4.53. The molecule has 0 spiro atoms. The van der Waals surface area contributed by atoms with Gasteiger partial charge in [-0.2, -0.15) is 0 Å². The first-order chi connectivity index (χ1) is 12.9. The first-order valence-electron chi connectivity index (χ1n) is 8.68. The molecule has 0 bridgehead atoms. The maximum atomic E-state index is 12.9. The van der Waals surface area contributed by atoms with Crippen molar-refractivity contribution in [2.45, 2.75) is 19.0 Å². The molecule has 2 aromatic carbocycles. The van der Waals surface area contributed by atoms with E-state index in [-0.39, 0.29) is 5.91 Å². The van der Waals surface area contributed by atoms with Crippen molar-refractivity contribution in [1.29, 1.82) is 0 Å². The Hall–Kier alpha value is -2.73. The second kappa shape index (κ2) is 7.88. The standard InChI is InChI=1S/C21H24N4OS/c1-14-11-18(24(3)4)12-15(2)19(14)23-20(26)16-7-6-8-17(13-16)25-10-9-22-21(25)27-5/h6-13H,1-5H3,(H,23,26). The zero-order chi connectivity index (χ0) is 19.6. The number of aromatic nitrogens is 2. The lowest BCUT2D eigenvalue weighted by molar-refractivity contribution is 0.102. The van der Waals surface area contributed by atoms with E-state index < -0.39 is 0 Å². The molecule has 1 heterocycles. The molecule has 3 aromatic rings. The molecule has 6 heteroatoms. The average molecular weight is 381 g/mol. The molecule has 0 fully saturated rings. The molecule has 0 saturated carbocycles. The molecule has 5 nitrogen and oxygen atoms in total. The van der Waals surface area contributed by atoms with Crippen molar-refractivity contribution in [2.24, 2.45) is 0 Å². The van der Waals surface area contributed by atoms with Gasteiger partial charge in [0.1, 0.15) is 0 Å². The van der Waals surface area contributed by atoms with Gasteiger partial charge in [0, 0.05) is 49.1 Å². The summed E-state index contributed by atoms with van der Waals surface area (Å²) in [4.78, 5) is 19.2. The molecule has 27 heavy (non-hydrogen) atoms. The van der Waals surface area contributed by atoms with Crippen molar-refractivity contribution in [3.63, 3.8) is 0 Å². The van der Waals surface area contributed by atoms with Crippen LogP contribution in [0.25, 0.3) is 5.69 Å². The minimum Gasteiger partial charge on any atom is -0.378 e. The van der Waals surface area contributed by atoms with Gasteiger partial charge in [-0.1, -0.05) is 17.8 Å². The first-order valence-corrected chi connectivity index (χ1v) is 9.91. The quantitative estimate of drug-likeness (QED) is 0.661. The van der Waals surface area contributed by atoms with Crippen LogP contribution in [0.5, 0.6) is 0 Å². The number of aryl methyl sites for hydroxylation is 2. The van der Waals surface area contributed by atoms with Gasteiger partial charge in [0.15, 0.2) is 5.16 Å².